The quantitative estimate of drug-likeness (QED) is 0.879. The average Bonchev–Trinajstić information content (AvgIpc) is 2.86. The summed E-state index contributed by atoms with van der Waals surface area (Å²) in [6.07, 6.45) is 4.37. The van der Waals surface area contributed by atoms with Gasteiger partial charge in [-0.2, -0.15) is 0 Å². The zero-order chi connectivity index (χ0) is 15.1. The first-order valence-electron chi connectivity index (χ1n) is 7.85. The predicted molar refractivity (Wildman–Crippen MR) is 89.3 cm³/mol. The number of hydrogen-bond donors (Lipinski definition) is 1. The summed E-state index contributed by atoms with van der Waals surface area (Å²) in [5.41, 5.74) is 1.68. The molecule has 22 heavy (non-hydrogen) atoms. The number of carbonyl (C=O) groups is 1. The van der Waals surface area contributed by atoms with E-state index >= 15 is 0 Å². The third-order valence-electron chi connectivity index (χ3n) is 4.80. The predicted octanol–water partition coefficient (Wildman–Crippen LogP) is 2.64. The fourth-order valence-corrected chi connectivity index (χ4v) is 4.19. The van der Waals surface area contributed by atoms with E-state index < -0.39 is 0 Å². The molecular formula is C17H19BrN2O2. The van der Waals surface area contributed by atoms with Gasteiger partial charge < -0.3 is 15.0 Å². The summed E-state index contributed by atoms with van der Waals surface area (Å²) in [5, 5.41) is 3.19. The number of nitrogens with one attached hydrogen (secondary N) is 1. The van der Waals surface area contributed by atoms with E-state index in [1.165, 1.54) is 19.5 Å². The van der Waals surface area contributed by atoms with E-state index in [4.69, 9.17) is 4.74 Å². The fraction of sp³-hybridized carbons (Fsp3) is 0.471. The number of ether oxygens (including phenoxy) is 1. The summed E-state index contributed by atoms with van der Waals surface area (Å²) in [5.74, 6) is 1.53. The molecule has 2 saturated heterocycles. The van der Waals surface area contributed by atoms with Gasteiger partial charge in [0.2, 0.25) is 0 Å². The van der Waals surface area contributed by atoms with Crippen LogP contribution < -0.4 is 10.1 Å². The third-order valence-corrected chi connectivity index (χ3v) is 5.56. The van der Waals surface area contributed by atoms with Crippen LogP contribution in [0.25, 0.3) is 4.48 Å². The minimum Gasteiger partial charge on any atom is -0.489 e. The van der Waals surface area contributed by atoms with Crippen LogP contribution >= 0.6 is 15.9 Å². The van der Waals surface area contributed by atoms with Crippen molar-refractivity contribution in [3.8, 4) is 5.75 Å². The monoisotopic (exact) mass is 362 g/mol. The maximum atomic E-state index is 12.5. The Kier molecular flexibility index (Phi) is 3.70. The van der Waals surface area contributed by atoms with Crippen molar-refractivity contribution in [3.05, 3.63) is 35.4 Å². The van der Waals surface area contributed by atoms with Gasteiger partial charge in [0.05, 0.1) is 0 Å². The Hall–Kier alpha value is -1.33. The molecule has 1 unspecified atom stereocenters. The molecule has 116 valence electrons. The number of rotatable bonds is 2. The SMILES string of the molecule is O=C(N[C@@H]1C[C@@H]2CCN(C2)C1)c1ccc2c(c1)OCC=C2Br. The summed E-state index contributed by atoms with van der Waals surface area (Å²) in [6, 6.07) is 5.93. The summed E-state index contributed by atoms with van der Waals surface area (Å²) in [7, 11) is 0. The fourth-order valence-electron chi connectivity index (χ4n) is 3.73. The van der Waals surface area contributed by atoms with Gasteiger partial charge in [-0.1, -0.05) is 15.9 Å². The summed E-state index contributed by atoms with van der Waals surface area (Å²) in [6.45, 7) is 3.92. The van der Waals surface area contributed by atoms with Crippen molar-refractivity contribution in [1.82, 2.24) is 10.2 Å². The Labute approximate surface area is 138 Å². The molecule has 3 heterocycles. The molecule has 2 bridgehead atoms. The lowest BCUT2D eigenvalue weighted by molar-refractivity contribution is 0.0909. The van der Waals surface area contributed by atoms with Crippen LogP contribution in [0.1, 0.15) is 28.8 Å². The van der Waals surface area contributed by atoms with Gasteiger partial charge in [-0.25, -0.2) is 0 Å². The van der Waals surface area contributed by atoms with Crippen molar-refractivity contribution in [2.24, 2.45) is 5.92 Å². The molecule has 4 rings (SSSR count). The normalized spacial score (nSPS) is 29.3. The Morgan fingerprint density at radius 1 is 1.36 bits per heavy atom. The van der Waals surface area contributed by atoms with Crippen LogP contribution in [-0.2, 0) is 0 Å². The number of nitrogens with zero attached hydrogens (tertiary/aromatic N) is 1. The molecule has 0 spiro atoms. The number of hydrogen-bond acceptors (Lipinski definition) is 3. The average molecular weight is 363 g/mol. The van der Waals surface area contributed by atoms with Crippen LogP contribution in [0.4, 0.5) is 0 Å². The van der Waals surface area contributed by atoms with E-state index in [1.54, 1.807) is 0 Å². The molecule has 5 heteroatoms. The number of halogens is 1. The molecular weight excluding hydrogens is 344 g/mol. The highest BCUT2D eigenvalue weighted by molar-refractivity contribution is 9.15. The van der Waals surface area contributed by atoms with Crippen molar-refractivity contribution >= 4 is 26.3 Å². The largest absolute Gasteiger partial charge is 0.489 e. The van der Waals surface area contributed by atoms with Crippen LogP contribution in [0.5, 0.6) is 5.75 Å². The molecule has 2 fully saturated rings. The highest BCUT2D eigenvalue weighted by Gasteiger charge is 2.33. The second kappa shape index (κ2) is 5.70. The van der Waals surface area contributed by atoms with Gasteiger partial charge in [-0.15, -0.1) is 0 Å². The minimum absolute atomic E-state index is 0.00424. The topological polar surface area (TPSA) is 41.6 Å². The standard InChI is InChI=1S/C17H19BrN2O2/c18-15-4-6-22-16-8-12(1-2-14(15)16)17(21)19-13-7-11-3-5-20(9-11)10-13/h1-2,4,8,11,13H,3,5-7,9-10H2,(H,19,21)/t11-,13+/m0/s1. The Morgan fingerprint density at radius 2 is 2.27 bits per heavy atom. The first-order chi connectivity index (χ1) is 10.7. The Balaban J connectivity index is 1.48. The third kappa shape index (κ3) is 2.68. The zero-order valence-electron chi connectivity index (χ0n) is 12.3. The first-order valence-corrected chi connectivity index (χ1v) is 8.64. The van der Waals surface area contributed by atoms with Crippen molar-refractivity contribution in [3.63, 3.8) is 0 Å². The molecule has 3 aliphatic rings. The van der Waals surface area contributed by atoms with Crippen LogP contribution in [0.2, 0.25) is 0 Å². The minimum atomic E-state index is 0.00424. The van der Waals surface area contributed by atoms with Crippen molar-refractivity contribution < 1.29 is 9.53 Å². The molecule has 1 amide bonds. The molecule has 1 N–H and O–H groups in total. The molecule has 3 atom stereocenters. The molecule has 0 aliphatic carbocycles. The maximum Gasteiger partial charge on any atom is 0.251 e. The van der Waals surface area contributed by atoms with Gasteiger partial charge in [-0.3, -0.25) is 4.79 Å². The van der Waals surface area contributed by atoms with E-state index in [0.717, 1.165) is 34.7 Å². The summed E-state index contributed by atoms with van der Waals surface area (Å²) >= 11 is 3.52. The maximum absolute atomic E-state index is 12.5. The van der Waals surface area contributed by atoms with Crippen molar-refractivity contribution in [1.29, 1.82) is 0 Å². The zero-order valence-corrected chi connectivity index (χ0v) is 13.9. The molecule has 1 aromatic carbocycles. The second-order valence-electron chi connectivity index (χ2n) is 6.39. The summed E-state index contributed by atoms with van der Waals surface area (Å²) < 4.78 is 6.65. The first kappa shape index (κ1) is 14.3. The van der Waals surface area contributed by atoms with Gasteiger partial charge >= 0.3 is 0 Å². The van der Waals surface area contributed by atoms with Crippen LogP contribution in [-0.4, -0.2) is 43.1 Å². The lowest BCUT2D eigenvalue weighted by atomic mass is 9.96. The number of fused-ring (bicyclic) bond motifs is 3. The Morgan fingerprint density at radius 3 is 3.14 bits per heavy atom. The number of carbonyl (C=O) groups excluding carboxylic acids is 1. The molecule has 0 aromatic heterocycles. The van der Waals surface area contributed by atoms with E-state index in [2.05, 4.69) is 26.1 Å². The van der Waals surface area contributed by atoms with E-state index in [1.807, 2.05) is 24.3 Å². The molecule has 0 saturated carbocycles. The molecule has 3 aliphatic heterocycles. The van der Waals surface area contributed by atoms with E-state index in [-0.39, 0.29) is 11.9 Å². The molecule has 1 aromatic rings. The van der Waals surface area contributed by atoms with E-state index in [9.17, 15) is 4.79 Å². The number of amides is 1. The van der Waals surface area contributed by atoms with Crippen LogP contribution in [0.15, 0.2) is 24.3 Å². The van der Waals surface area contributed by atoms with Crippen LogP contribution in [0.3, 0.4) is 0 Å². The highest BCUT2D eigenvalue weighted by atomic mass is 79.9. The molecule has 0 radical (unpaired) electrons. The Bertz CT molecular complexity index is 632. The van der Waals surface area contributed by atoms with Gasteiger partial charge in [-0.05, 0) is 49.6 Å². The van der Waals surface area contributed by atoms with Crippen molar-refractivity contribution in [2.75, 3.05) is 26.2 Å². The lowest BCUT2D eigenvalue weighted by Crippen LogP contribution is -2.47. The van der Waals surface area contributed by atoms with E-state index in [0.29, 0.717) is 12.2 Å². The van der Waals surface area contributed by atoms with Gasteiger partial charge in [0.25, 0.3) is 5.91 Å². The summed E-state index contributed by atoms with van der Waals surface area (Å²) in [4.78, 5) is 15.0. The molecule has 4 nitrogen and oxygen atoms in total. The second-order valence-corrected chi connectivity index (χ2v) is 7.25. The van der Waals surface area contributed by atoms with Gasteiger partial charge in [0.15, 0.2) is 0 Å². The van der Waals surface area contributed by atoms with Crippen molar-refractivity contribution in [2.45, 2.75) is 18.9 Å². The highest BCUT2D eigenvalue weighted by Crippen LogP contribution is 2.34. The lowest BCUT2D eigenvalue weighted by Gasteiger charge is -2.30. The smallest absolute Gasteiger partial charge is 0.251 e. The van der Waals surface area contributed by atoms with Gasteiger partial charge in [0.1, 0.15) is 12.4 Å². The number of benzene rings is 1. The van der Waals surface area contributed by atoms with Gasteiger partial charge in [0, 0.05) is 34.7 Å². The number of piperidine rings is 1. The van der Waals surface area contributed by atoms with Crippen LogP contribution in [0, 0.1) is 5.92 Å².